The Hall–Kier alpha value is -1.42. The number of aromatic carboxylic acids is 1. The molecule has 1 fully saturated rings. The van der Waals surface area contributed by atoms with Crippen LogP contribution >= 0.6 is 0 Å². The number of carbonyl (C=O) groups is 1. The Morgan fingerprint density at radius 2 is 2.47 bits per heavy atom. The molecular formula is C11H14N2O2. The maximum absolute atomic E-state index is 10.8. The minimum Gasteiger partial charge on any atom is -0.477 e. The van der Waals surface area contributed by atoms with Crippen molar-refractivity contribution in [1.29, 1.82) is 0 Å². The molecule has 4 nitrogen and oxygen atoms in total. The van der Waals surface area contributed by atoms with Gasteiger partial charge in [0.25, 0.3) is 0 Å². The highest BCUT2D eigenvalue weighted by molar-refractivity contribution is 5.85. The van der Waals surface area contributed by atoms with Crippen molar-refractivity contribution >= 4 is 5.97 Å². The summed E-state index contributed by atoms with van der Waals surface area (Å²) in [6.07, 6.45) is 3.84. The van der Waals surface area contributed by atoms with Gasteiger partial charge in [0.2, 0.25) is 0 Å². The van der Waals surface area contributed by atoms with E-state index in [1.54, 1.807) is 12.3 Å². The largest absolute Gasteiger partial charge is 0.477 e. The smallest absolute Gasteiger partial charge is 0.354 e. The number of hydrogen-bond acceptors (Lipinski definition) is 3. The zero-order chi connectivity index (χ0) is 10.8. The van der Waals surface area contributed by atoms with E-state index in [2.05, 4.69) is 16.9 Å². The van der Waals surface area contributed by atoms with Gasteiger partial charge in [0, 0.05) is 12.2 Å². The number of hydrogen-bond donors (Lipinski definition) is 1. The SMILES string of the molecule is CN1CCCC1c1ccnc(C(=O)O)c1. The van der Waals surface area contributed by atoms with Crippen LogP contribution in [0.5, 0.6) is 0 Å². The predicted molar refractivity (Wildman–Crippen MR) is 55.8 cm³/mol. The first kappa shape index (κ1) is 10.1. The maximum Gasteiger partial charge on any atom is 0.354 e. The lowest BCUT2D eigenvalue weighted by Gasteiger charge is -2.19. The lowest BCUT2D eigenvalue weighted by atomic mass is 10.1. The molecule has 4 heteroatoms. The van der Waals surface area contributed by atoms with E-state index in [1.165, 1.54) is 6.42 Å². The van der Waals surface area contributed by atoms with Crippen LogP contribution in [0.2, 0.25) is 0 Å². The van der Waals surface area contributed by atoms with Crippen molar-refractivity contribution in [2.45, 2.75) is 18.9 Å². The fourth-order valence-electron chi connectivity index (χ4n) is 2.10. The third-order valence-corrected chi connectivity index (χ3v) is 2.91. The molecule has 0 saturated carbocycles. The van der Waals surface area contributed by atoms with Crippen molar-refractivity contribution in [3.05, 3.63) is 29.6 Å². The van der Waals surface area contributed by atoms with Crippen molar-refractivity contribution in [1.82, 2.24) is 9.88 Å². The first-order valence-electron chi connectivity index (χ1n) is 5.08. The van der Waals surface area contributed by atoms with Crippen LogP contribution in [0, 0.1) is 0 Å². The molecule has 1 aromatic heterocycles. The van der Waals surface area contributed by atoms with Gasteiger partial charge in [-0.3, -0.25) is 4.90 Å². The molecule has 1 saturated heterocycles. The maximum atomic E-state index is 10.8. The Morgan fingerprint density at radius 3 is 3.07 bits per heavy atom. The summed E-state index contributed by atoms with van der Waals surface area (Å²) in [5, 5.41) is 8.84. The van der Waals surface area contributed by atoms with E-state index in [9.17, 15) is 4.79 Å². The summed E-state index contributed by atoms with van der Waals surface area (Å²) < 4.78 is 0. The standard InChI is InChI=1S/C11H14N2O2/c1-13-6-2-3-10(13)8-4-5-12-9(7-8)11(14)15/h4-5,7,10H,2-3,6H2,1H3,(H,14,15). The molecule has 2 rings (SSSR count). The lowest BCUT2D eigenvalue weighted by molar-refractivity contribution is 0.0690. The number of pyridine rings is 1. The summed E-state index contributed by atoms with van der Waals surface area (Å²) in [7, 11) is 2.07. The zero-order valence-electron chi connectivity index (χ0n) is 8.68. The summed E-state index contributed by atoms with van der Waals surface area (Å²) in [6, 6.07) is 3.93. The molecule has 1 aliphatic rings. The number of carboxylic acid groups (broad SMARTS) is 1. The van der Waals surface area contributed by atoms with Gasteiger partial charge in [-0.1, -0.05) is 0 Å². The van der Waals surface area contributed by atoms with Crippen molar-refractivity contribution < 1.29 is 9.90 Å². The Bertz CT molecular complexity index is 379. The average Bonchev–Trinajstić information content (AvgIpc) is 2.64. The van der Waals surface area contributed by atoms with E-state index in [1.807, 2.05) is 6.07 Å². The molecule has 0 amide bonds. The van der Waals surface area contributed by atoms with Crippen LogP contribution in [-0.2, 0) is 0 Å². The van der Waals surface area contributed by atoms with Crippen LogP contribution in [0.15, 0.2) is 18.3 Å². The van der Waals surface area contributed by atoms with Gasteiger partial charge in [-0.05, 0) is 44.1 Å². The molecule has 0 aliphatic carbocycles. The number of nitrogens with zero attached hydrogens (tertiary/aromatic N) is 2. The summed E-state index contributed by atoms with van der Waals surface area (Å²) in [5.41, 5.74) is 1.19. The summed E-state index contributed by atoms with van der Waals surface area (Å²) in [5.74, 6) is -0.961. The van der Waals surface area contributed by atoms with Gasteiger partial charge in [0.15, 0.2) is 0 Å². The van der Waals surface area contributed by atoms with Crippen molar-refractivity contribution in [2.75, 3.05) is 13.6 Å². The first-order valence-corrected chi connectivity index (χ1v) is 5.08. The molecule has 1 aliphatic heterocycles. The molecule has 2 heterocycles. The third kappa shape index (κ3) is 1.99. The van der Waals surface area contributed by atoms with Gasteiger partial charge in [-0.2, -0.15) is 0 Å². The van der Waals surface area contributed by atoms with Crippen molar-refractivity contribution in [2.24, 2.45) is 0 Å². The van der Waals surface area contributed by atoms with Crippen LogP contribution in [0.4, 0.5) is 0 Å². The zero-order valence-corrected chi connectivity index (χ0v) is 8.68. The van der Waals surface area contributed by atoms with Crippen LogP contribution in [0.3, 0.4) is 0 Å². The quantitative estimate of drug-likeness (QED) is 0.797. The van der Waals surface area contributed by atoms with Crippen molar-refractivity contribution in [3.63, 3.8) is 0 Å². The molecule has 1 unspecified atom stereocenters. The highest BCUT2D eigenvalue weighted by atomic mass is 16.4. The molecule has 0 spiro atoms. The molecule has 1 atom stereocenters. The summed E-state index contributed by atoms with van der Waals surface area (Å²) >= 11 is 0. The molecule has 1 aromatic rings. The summed E-state index contributed by atoms with van der Waals surface area (Å²) in [4.78, 5) is 16.8. The fraction of sp³-hybridized carbons (Fsp3) is 0.455. The lowest BCUT2D eigenvalue weighted by Crippen LogP contribution is -2.18. The second-order valence-corrected chi connectivity index (χ2v) is 3.92. The third-order valence-electron chi connectivity index (χ3n) is 2.91. The van der Waals surface area contributed by atoms with E-state index in [-0.39, 0.29) is 5.69 Å². The minimum atomic E-state index is -0.961. The van der Waals surface area contributed by atoms with E-state index >= 15 is 0 Å². The van der Waals surface area contributed by atoms with Gasteiger partial charge in [0.05, 0.1) is 0 Å². The average molecular weight is 206 g/mol. The number of carboxylic acids is 1. The Kier molecular flexibility index (Phi) is 2.68. The highest BCUT2D eigenvalue weighted by Gasteiger charge is 2.23. The van der Waals surface area contributed by atoms with E-state index < -0.39 is 5.97 Å². The molecular weight excluding hydrogens is 192 g/mol. The number of likely N-dealkylation sites (tertiary alicyclic amines) is 1. The van der Waals surface area contributed by atoms with Crippen LogP contribution < -0.4 is 0 Å². The van der Waals surface area contributed by atoms with Crippen molar-refractivity contribution in [3.8, 4) is 0 Å². The predicted octanol–water partition coefficient (Wildman–Crippen LogP) is 1.55. The van der Waals surface area contributed by atoms with Crippen LogP contribution in [-0.4, -0.2) is 34.6 Å². The van der Waals surface area contributed by atoms with E-state index in [0.29, 0.717) is 6.04 Å². The van der Waals surface area contributed by atoms with E-state index in [0.717, 1.165) is 18.5 Å². The number of rotatable bonds is 2. The molecule has 0 bridgehead atoms. The van der Waals surface area contributed by atoms with Gasteiger partial charge in [-0.25, -0.2) is 9.78 Å². The Morgan fingerprint density at radius 1 is 1.67 bits per heavy atom. The Balaban J connectivity index is 2.28. The van der Waals surface area contributed by atoms with Crippen LogP contribution in [0.25, 0.3) is 0 Å². The monoisotopic (exact) mass is 206 g/mol. The fourth-order valence-corrected chi connectivity index (χ4v) is 2.10. The summed E-state index contributed by atoms with van der Waals surface area (Å²) in [6.45, 7) is 1.08. The van der Waals surface area contributed by atoms with Crippen LogP contribution in [0.1, 0.15) is 34.9 Å². The normalized spacial score (nSPS) is 21.8. The van der Waals surface area contributed by atoms with Gasteiger partial charge in [-0.15, -0.1) is 0 Å². The van der Waals surface area contributed by atoms with Gasteiger partial charge < -0.3 is 5.11 Å². The topological polar surface area (TPSA) is 53.4 Å². The second kappa shape index (κ2) is 3.98. The molecule has 0 radical (unpaired) electrons. The van der Waals surface area contributed by atoms with Gasteiger partial charge in [0.1, 0.15) is 5.69 Å². The highest BCUT2D eigenvalue weighted by Crippen LogP contribution is 2.30. The molecule has 15 heavy (non-hydrogen) atoms. The van der Waals surface area contributed by atoms with E-state index in [4.69, 9.17) is 5.11 Å². The minimum absolute atomic E-state index is 0.132. The molecule has 80 valence electrons. The molecule has 1 N–H and O–H groups in total. The molecule has 0 aromatic carbocycles. The van der Waals surface area contributed by atoms with Gasteiger partial charge >= 0.3 is 5.97 Å². The Labute approximate surface area is 88.6 Å². The second-order valence-electron chi connectivity index (χ2n) is 3.92. The number of aromatic nitrogens is 1. The first-order chi connectivity index (χ1) is 7.18.